The smallest absolute Gasteiger partial charge is 0.299 e. The van der Waals surface area contributed by atoms with Crippen LogP contribution in [0.2, 0.25) is 0 Å². The van der Waals surface area contributed by atoms with Crippen molar-refractivity contribution in [2.75, 3.05) is 0 Å². The molecule has 0 N–H and O–H groups in total. The molecular weight excluding hydrogens is 466 g/mol. The van der Waals surface area contributed by atoms with Crippen molar-refractivity contribution in [2.24, 2.45) is 0 Å². The van der Waals surface area contributed by atoms with Gasteiger partial charge in [0, 0.05) is 4.53 Å². The maximum Gasteiger partial charge on any atom is 0.416 e. The van der Waals surface area contributed by atoms with Crippen LogP contribution in [0.25, 0.3) is 11.1 Å². The van der Waals surface area contributed by atoms with Crippen LogP contribution in [0.15, 0.2) is 84.2 Å². The first-order valence-electron chi connectivity index (χ1n) is 11.5. The molecule has 0 saturated heterocycles. The van der Waals surface area contributed by atoms with Crippen LogP contribution >= 0.6 is 0 Å². The fourth-order valence-corrected chi connectivity index (χ4v) is 4.43. The van der Waals surface area contributed by atoms with Crippen molar-refractivity contribution < 1.29 is 22.6 Å². The zero-order chi connectivity index (χ0) is 26.5. The van der Waals surface area contributed by atoms with Crippen molar-refractivity contribution in [1.29, 1.82) is 5.26 Å². The quantitative estimate of drug-likeness (QED) is 0.219. The van der Waals surface area contributed by atoms with E-state index in [1.807, 2.05) is 38.1 Å². The van der Waals surface area contributed by atoms with Gasteiger partial charge >= 0.3 is 6.18 Å². The molecule has 0 fully saturated rings. The molecule has 186 valence electrons. The van der Waals surface area contributed by atoms with Crippen molar-refractivity contribution in [3.8, 4) is 6.07 Å². The molecule has 0 bridgehead atoms. The first kappa shape index (κ1) is 26.7. The lowest BCUT2D eigenvalue weighted by molar-refractivity contribution is -0.137. The third-order valence-electron chi connectivity index (χ3n) is 6.15. The zero-order valence-corrected chi connectivity index (χ0v) is 20.5. The summed E-state index contributed by atoms with van der Waals surface area (Å²) in [5.74, 6) is 0.134. The minimum Gasteiger partial charge on any atom is -0.299 e. The molecule has 0 unspecified atom stereocenters. The van der Waals surface area contributed by atoms with E-state index in [1.165, 1.54) is 19.1 Å². The largest absolute Gasteiger partial charge is 0.416 e. The van der Waals surface area contributed by atoms with E-state index in [0.29, 0.717) is 30.4 Å². The molecule has 36 heavy (non-hydrogen) atoms. The summed E-state index contributed by atoms with van der Waals surface area (Å²) in [7, 11) is 0. The molecule has 3 rings (SSSR count). The molecule has 1 aliphatic carbocycles. The average Bonchev–Trinajstić information content (AvgIpc) is 2.86. The van der Waals surface area contributed by atoms with Gasteiger partial charge in [-0.25, -0.2) is 0 Å². The molecule has 0 amide bonds. The summed E-state index contributed by atoms with van der Waals surface area (Å²) in [6.45, 7) is 9.56. The van der Waals surface area contributed by atoms with Gasteiger partial charge in [-0.1, -0.05) is 42.5 Å². The van der Waals surface area contributed by atoms with Gasteiger partial charge in [0.05, 0.1) is 17.2 Å². The highest BCUT2D eigenvalue weighted by Gasteiger charge is 2.32. The summed E-state index contributed by atoms with van der Waals surface area (Å²) >= 11 is 0. The number of fused-ring (bicyclic) bond motifs is 1. The van der Waals surface area contributed by atoms with E-state index in [1.54, 1.807) is 18.2 Å². The maximum atomic E-state index is 13.3. The second kappa shape index (κ2) is 11.3. The van der Waals surface area contributed by atoms with Crippen LogP contribution in [-0.4, -0.2) is 0 Å². The molecule has 0 heterocycles. The number of nitrogens with zero attached hydrogens (tertiary/aromatic N) is 1. The van der Waals surface area contributed by atoms with E-state index >= 15 is 0 Å². The SMILES string of the molecule is C=C(C1=C(/C=C\C)c2ccc(C(F)(F)F)cc2CC1)c1ccc(C#N)cc1C/C=C(C)\C=C(\C)OF. The molecule has 0 spiro atoms. The van der Waals surface area contributed by atoms with E-state index in [9.17, 15) is 23.0 Å². The Labute approximate surface area is 209 Å². The van der Waals surface area contributed by atoms with Gasteiger partial charge in [-0.3, -0.25) is 4.94 Å². The summed E-state index contributed by atoms with van der Waals surface area (Å²) in [5, 5.41) is 9.42. The lowest BCUT2D eigenvalue weighted by Gasteiger charge is -2.25. The number of rotatable bonds is 7. The molecule has 0 aromatic heterocycles. The highest BCUT2D eigenvalue weighted by molar-refractivity contribution is 5.94. The summed E-state index contributed by atoms with van der Waals surface area (Å²) in [5.41, 5.74) is 6.36. The third kappa shape index (κ3) is 6.04. The molecule has 6 heteroatoms. The second-order valence-electron chi connectivity index (χ2n) is 8.71. The normalized spacial score (nSPS) is 14.6. The Hall–Kier alpha value is -3.85. The molecule has 1 aliphatic rings. The van der Waals surface area contributed by atoms with E-state index in [2.05, 4.69) is 17.6 Å². The number of nitriles is 1. The third-order valence-corrected chi connectivity index (χ3v) is 6.15. The van der Waals surface area contributed by atoms with Crippen molar-refractivity contribution in [3.63, 3.8) is 0 Å². The Bertz CT molecular complexity index is 1330. The standard InChI is InChI=1S/C30H27F4NO/c1-5-6-29-27(13-10-24-17-25(30(31,32)33)11-14-28(24)29)21(4)26-12-8-22(18-35)16-23(26)9-7-19(2)15-20(3)36-34/h5-8,11-12,14-17H,4,9-10,13H2,1-3H3/b6-5-,19-7-,20-15-. The molecule has 0 radical (unpaired) electrons. The Morgan fingerprint density at radius 1 is 1.14 bits per heavy atom. The van der Waals surface area contributed by atoms with Gasteiger partial charge in [0.2, 0.25) is 0 Å². The summed E-state index contributed by atoms with van der Waals surface area (Å²) in [6, 6.07) is 11.4. The zero-order valence-electron chi connectivity index (χ0n) is 20.5. The Morgan fingerprint density at radius 2 is 1.89 bits per heavy atom. The predicted octanol–water partition coefficient (Wildman–Crippen LogP) is 8.86. The van der Waals surface area contributed by atoms with Crippen LogP contribution < -0.4 is 0 Å². The summed E-state index contributed by atoms with van der Waals surface area (Å²) < 4.78 is 52.1. The summed E-state index contributed by atoms with van der Waals surface area (Å²) in [6.07, 6.45) is 4.34. The number of alkyl halides is 3. The lowest BCUT2D eigenvalue weighted by Crippen LogP contribution is -2.10. The van der Waals surface area contributed by atoms with Gasteiger partial charge in [0.25, 0.3) is 0 Å². The minimum absolute atomic E-state index is 0.134. The van der Waals surface area contributed by atoms with Crippen LogP contribution in [0.4, 0.5) is 17.7 Å². The van der Waals surface area contributed by atoms with Gasteiger partial charge in [0.15, 0.2) is 0 Å². The maximum absolute atomic E-state index is 13.3. The van der Waals surface area contributed by atoms with Gasteiger partial charge in [-0.15, -0.1) is 0 Å². The van der Waals surface area contributed by atoms with E-state index in [0.717, 1.165) is 45.0 Å². The fraction of sp³-hybridized carbons (Fsp3) is 0.233. The van der Waals surface area contributed by atoms with Crippen molar-refractivity contribution in [1.82, 2.24) is 0 Å². The van der Waals surface area contributed by atoms with Crippen LogP contribution in [0.3, 0.4) is 0 Å². The van der Waals surface area contributed by atoms with Gasteiger partial charge in [0.1, 0.15) is 5.76 Å². The number of allylic oxidation sites excluding steroid dienone is 9. The Kier molecular flexibility index (Phi) is 8.37. The number of hydrogen-bond donors (Lipinski definition) is 0. The first-order valence-corrected chi connectivity index (χ1v) is 11.5. The number of aryl methyl sites for hydroxylation is 1. The lowest BCUT2D eigenvalue weighted by atomic mass is 9.79. The van der Waals surface area contributed by atoms with Gasteiger partial charge < -0.3 is 0 Å². The number of benzene rings is 2. The van der Waals surface area contributed by atoms with E-state index in [-0.39, 0.29) is 5.76 Å². The highest BCUT2D eigenvalue weighted by Crippen LogP contribution is 2.41. The van der Waals surface area contributed by atoms with Gasteiger partial charge in [-0.2, -0.15) is 18.4 Å². The molecule has 2 nitrogen and oxygen atoms in total. The molecule has 0 aliphatic heterocycles. The van der Waals surface area contributed by atoms with Crippen molar-refractivity contribution >= 4 is 11.1 Å². The fourth-order valence-electron chi connectivity index (χ4n) is 4.43. The topological polar surface area (TPSA) is 33.0 Å². The van der Waals surface area contributed by atoms with Gasteiger partial charge in [-0.05, 0) is 109 Å². The minimum atomic E-state index is -4.39. The second-order valence-corrected chi connectivity index (χ2v) is 8.71. The Balaban J connectivity index is 2.08. The molecule has 0 atom stereocenters. The molecule has 2 aromatic carbocycles. The monoisotopic (exact) mass is 493 g/mol. The molecule has 2 aromatic rings. The predicted molar refractivity (Wildman–Crippen MR) is 135 cm³/mol. The molecular formula is C30H27F4NO. The number of hydrogen-bond acceptors (Lipinski definition) is 2. The van der Waals surface area contributed by atoms with E-state index < -0.39 is 11.7 Å². The van der Waals surface area contributed by atoms with Crippen LogP contribution in [0.1, 0.15) is 60.6 Å². The number of halogens is 4. The average molecular weight is 494 g/mol. The summed E-state index contributed by atoms with van der Waals surface area (Å²) in [4.78, 5) is 3.73. The van der Waals surface area contributed by atoms with Crippen LogP contribution in [-0.2, 0) is 24.0 Å². The van der Waals surface area contributed by atoms with Crippen LogP contribution in [0.5, 0.6) is 0 Å². The Morgan fingerprint density at radius 3 is 2.53 bits per heavy atom. The highest BCUT2D eigenvalue weighted by atomic mass is 19.4. The molecule has 0 saturated carbocycles. The van der Waals surface area contributed by atoms with E-state index in [4.69, 9.17) is 0 Å². The first-order chi connectivity index (χ1) is 17.1. The van der Waals surface area contributed by atoms with Crippen molar-refractivity contribution in [3.05, 3.63) is 118 Å². The van der Waals surface area contributed by atoms with Crippen molar-refractivity contribution in [2.45, 2.75) is 46.2 Å². The van der Waals surface area contributed by atoms with Crippen LogP contribution in [0, 0.1) is 11.3 Å².